The first-order valence-electron chi connectivity index (χ1n) is 40.9. The molecular weight excluding hydrogens is 1360 g/mol. The molecule has 107 heavy (non-hydrogen) atoms. The van der Waals surface area contributed by atoms with E-state index < -0.39 is 5.79 Å². The summed E-state index contributed by atoms with van der Waals surface area (Å²) in [5, 5.41) is 6.24. The molecule has 622 valence electrons. The third-order valence-electron chi connectivity index (χ3n) is 21.0. The predicted octanol–water partition coefficient (Wildman–Crippen LogP) is 12.0. The van der Waals surface area contributed by atoms with Crippen molar-refractivity contribution < 1.29 is 70.6 Å². The van der Waals surface area contributed by atoms with E-state index in [0.29, 0.717) is 75.6 Å². The van der Waals surface area contributed by atoms with Crippen LogP contribution in [-0.4, -0.2) is 213 Å². The molecule has 3 saturated carbocycles. The van der Waals surface area contributed by atoms with E-state index in [2.05, 4.69) is 76.4 Å². The highest BCUT2D eigenvalue weighted by Crippen LogP contribution is 2.38. The van der Waals surface area contributed by atoms with Crippen molar-refractivity contribution in [2.24, 2.45) is 69.9 Å². The lowest BCUT2D eigenvalue weighted by atomic mass is 9.70. The first-order chi connectivity index (χ1) is 51.3. The minimum absolute atomic E-state index is 0. The Kier molecular flexibility index (Phi) is 47.4. The van der Waals surface area contributed by atoms with Crippen LogP contribution in [0.4, 0.5) is 5.69 Å². The molecule has 23 heteroatoms. The molecule has 0 spiro atoms. The van der Waals surface area contributed by atoms with Crippen molar-refractivity contribution >= 4 is 5.69 Å². The van der Waals surface area contributed by atoms with Crippen LogP contribution in [0.25, 0.3) is 0 Å². The molecule has 7 heterocycles. The van der Waals surface area contributed by atoms with Crippen molar-refractivity contribution in [1.82, 2.24) is 11.5 Å². The molecule has 10 fully saturated rings. The second kappa shape index (κ2) is 54.1. The molecule has 23 nitrogen and oxygen atoms in total. The summed E-state index contributed by atoms with van der Waals surface area (Å²) in [6, 6.07) is 25.7. The first-order valence-corrected chi connectivity index (χ1v) is 40.9. The normalized spacial score (nSPS) is 27.2. The van der Waals surface area contributed by atoms with Gasteiger partial charge in [-0.3, -0.25) is 0 Å². The van der Waals surface area contributed by atoms with E-state index in [4.69, 9.17) is 101 Å². The van der Waals surface area contributed by atoms with Gasteiger partial charge in [0.2, 0.25) is 0 Å². The van der Waals surface area contributed by atoms with E-state index in [9.17, 15) is 0 Å². The van der Waals surface area contributed by atoms with Crippen molar-refractivity contribution in [3.8, 4) is 11.5 Å². The SMILES string of the molecule is C(CCOCC1CO1)COCC1CO1.CC(C)(OCC1CO1)OCC1CO1.CC(C)(c1ccc(OCC2CO2)cc1)c1ccc(OCC2CO2)cc1.CC1CC(CN)[C@@H](C)CC1C.CCCCOCC1CO1.CNc1cccc(CN)c1.N.NC1CCC(CC2CCC(N)CC2)CC1.NCCCCNCCN.[HH].[HH].[HH]. The van der Waals surface area contributed by atoms with Crippen LogP contribution < -0.4 is 60.7 Å². The molecule has 3 aliphatic carbocycles. The summed E-state index contributed by atoms with van der Waals surface area (Å²) in [7, 11) is 1.90. The van der Waals surface area contributed by atoms with Gasteiger partial charge in [0.05, 0.1) is 79.3 Å². The van der Waals surface area contributed by atoms with E-state index in [1.165, 1.54) is 94.6 Å². The molecular formula is C84H157N9O14. The lowest BCUT2D eigenvalue weighted by molar-refractivity contribution is -0.216. The minimum atomic E-state index is -0.516. The van der Waals surface area contributed by atoms with E-state index >= 15 is 0 Å². The number of benzene rings is 3. The summed E-state index contributed by atoms with van der Waals surface area (Å²) < 4.78 is 74.0. The summed E-state index contributed by atoms with van der Waals surface area (Å²) in [6.45, 7) is 35.9. The van der Waals surface area contributed by atoms with Gasteiger partial charge >= 0.3 is 0 Å². The highest BCUT2D eigenvalue weighted by atomic mass is 16.7. The van der Waals surface area contributed by atoms with Gasteiger partial charge in [0.1, 0.15) is 67.4 Å². The van der Waals surface area contributed by atoms with Gasteiger partial charge in [-0.15, -0.1) is 0 Å². The smallest absolute Gasteiger partial charge is 0.163 e. The summed E-state index contributed by atoms with van der Waals surface area (Å²) in [5.41, 5.74) is 38.2. The second-order valence-corrected chi connectivity index (χ2v) is 31.7. The van der Waals surface area contributed by atoms with E-state index in [0.717, 1.165) is 203 Å². The highest BCUT2D eigenvalue weighted by molar-refractivity contribution is 5.45. The molecule has 11 atom stereocenters. The number of epoxide rings is 7. The Hall–Kier alpha value is -3.74. The van der Waals surface area contributed by atoms with Crippen LogP contribution in [0.1, 0.15) is 186 Å². The number of nitrogens with one attached hydrogen (secondary N) is 2. The quantitative estimate of drug-likeness (QED) is 0.0145. The summed E-state index contributed by atoms with van der Waals surface area (Å²) in [6.07, 6.45) is 23.9. The summed E-state index contributed by atoms with van der Waals surface area (Å²) in [5.74, 6) is 6.66. The Bertz CT molecular complexity index is 2510. The highest BCUT2D eigenvalue weighted by Gasteiger charge is 2.33. The van der Waals surface area contributed by atoms with Crippen LogP contribution in [0.15, 0.2) is 72.8 Å². The monoisotopic (exact) mass is 1520 g/mol. The third kappa shape index (κ3) is 45.5. The largest absolute Gasteiger partial charge is 0.491 e. The molecule has 0 radical (unpaired) electrons. The fourth-order valence-electron chi connectivity index (χ4n) is 12.6. The molecule has 7 aliphatic heterocycles. The minimum Gasteiger partial charge on any atom is -0.491 e. The zero-order chi connectivity index (χ0) is 76.2. The molecule has 0 amide bonds. The van der Waals surface area contributed by atoms with Gasteiger partial charge in [-0.2, -0.15) is 0 Å². The zero-order valence-electron chi connectivity index (χ0n) is 67.8. The number of nitrogens with two attached hydrogens (primary N) is 6. The average Bonchev–Trinajstić information content (AvgIpc) is 1.59. The van der Waals surface area contributed by atoms with Crippen LogP contribution in [0.2, 0.25) is 0 Å². The van der Waals surface area contributed by atoms with Gasteiger partial charge in [-0.1, -0.05) is 84.4 Å². The number of rotatable bonds is 39. The molecule has 17 N–H and O–H groups in total. The Labute approximate surface area is 650 Å². The van der Waals surface area contributed by atoms with Crippen LogP contribution in [0.3, 0.4) is 0 Å². The number of unbranched alkanes of at least 4 members (excludes halogenated alkanes) is 3. The molecule has 0 aromatic heterocycles. The van der Waals surface area contributed by atoms with Crippen molar-refractivity contribution in [3.63, 3.8) is 0 Å². The van der Waals surface area contributed by atoms with E-state index in [1.807, 2.05) is 69.4 Å². The molecule has 3 aromatic carbocycles. The maximum absolute atomic E-state index is 5.93. The summed E-state index contributed by atoms with van der Waals surface area (Å²) in [4.78, 5) is 0. The zero-order valence-corrected chi connectivity index (χ0v) is 67.8. The molecule has 3 aromatic rings. The van der Waals surface area contributed by atoms with Crippen LogP contribution in [-0.2, 0) is 68.8 Å². The fraction of sp³-hybridized carbons (Fsp3) is 0.786. The van der Waals surface area contributed by atoms with Gasteiger partial charge in [-0.25, -0.2) is 0 Å². The molecule has 10 unspecified atom stereocenters. The lowest BCUT2D eigenvalue weighted by Crippen LogP contribution is -2.32. The standard InChI is InChI=1S/C21H24O4.C13H26N2.C10H21N.C10H18O4.C9H16O4.C8H12N2.C7H14O2.C6H17N3.H3N.3H2/c1-21(2,15-3-7-17(8-4-15)22-11-19-13-24-19)16-5-9-18(10-6-16)23-12-20-14-25-20;14-12-5-1-10(2-6-12)9-11-3-7-13(15)8-4-11;1-7-4-9(3)10(6-11)5-8(7)2;1(3-11-5-9-7-13-9)2-4-12-6-10-8-14-10;1-9(2,12-5-7-3-10-7)13-6-8-4-11-8;1-10-8-4-2-3-7(5-8)6-9;1-2-3-4-8-5-7-6-9-7;7-3-1-2-5-9-6-4-8;;;;/h3-10,19-20H,11-14H2,1-2H3;10-13H,1-9,14-15H2;7-10H,4-6,11H2,1-3H3;9-10H,1-8H2;7-8H,3-6H2,1-2H3;2-5,10H,6,9H2,1H3;7H,2-6H2,1H3;9H,1-8H2;1H3;3*1H/t;;7?,8?,9-,10?;;;;;;;;;/m..0........./s1. The van der Waals surface area contributed by atoms with Crippen LogP contribution in [0.5, 0.6) is 11.5 Å². The molecule has 13 rings (SSSR count). The van der Waals surface area contributed by atoms with Gasteiger partial charge in [0.25, 0.3) is 0 Å². The lowest BCUT2D eigenvalue weighted by Gasteiger charge is -2.36. The van der Waals surface area contributed by atoms with Gasteiger partial charge in [0, 0.05) is 74.0 Å². The van der Waals surface area contributed by atoms with Gasteiger partial charge in [0.15, 0.2) is 5.79 Å². The number of hydrogen-bond donors (Lipinski definition) is 9. The first kappa shape index (κ1) is 93.9. The summed E-state index contributed by atoms with van der Waals surface area (Å²) >= 11 is 0. The Morgan fingerprint density at radius 3 is 1.27 bits per heavy atom. The van der Waals surface area contributed by atoms with Crippen molar-refractivity contribution in [1.29, 1.82) is 0 Å². The molecule has 0 bridgehead atoms. The van der Waals surface area contributed by atoms with Crippen LogP contribution in [0, 0.1) is 35.5 Å². The maximum Gasteiger partial charge on any atom is 0.163 e. The number of anilines is 1. The van der Waals surface area contributed by atoms with Crippen LogP contribution >= 0.6 is 0 Å². The van der Waals surface area contributed by atoms with Gasteiger partial charge in [-0.05, 0) is 225 Å². The van der Waals surface area contributed by atoms with Gasteiger partial charge < -0.3 is 118 Å². The van der Waals surface area contributed by atoms with E-state index in [-0.39, 0.29) is 28.1 Å². The average molecular weight is 1520 g/mol. The molecule has 7 saturated heterocycles. The van der Waals surface area contributed by atoms with E-state index in [1.54, 1.807) is 0 Å². The van der Waals surface area contributed by atoms with Crippen molar-refractivity contribution in [3.05, 3.63) is 89.5 Å². The van der Waals surface area contributed by atoms with Crippen molar-refractivity contribution in [2.45, 2.75) is 237 Å². The fourth-order valence-corrected chi connectivity index (χ4v) is 12.6. The predicted molar refractivity (Wildman–Crippen MR) is 436 cm³/mol. The molecule has 10 aliphatic rings. The Balaban J connectivity index is 0.000000436. The topological polar surface area (TPSA) is 367 Å². The Morgan fingerprint density at radius 1 is 0.477 bits per heavy atom. The van der Waals surface area contributed by atoms with Crippen molar-refractivity contribution in [2.75, 3.05) is 157 Å². The number of hydrogen-bond acceptors (Lipinski definition) is 23. The third-order valence-corrected chi connectivity index (χ3v) is 21.0. The second-order valence-electron chi connectivity index (χ2n) is 31.7. The number of ether oxygens (including phenoxy) is 14. The maximum atomic E-state index is 5.93. The Morgan fingerprint density at radius 2 is 0.888 bits per heavy atom.